The van der Waals surface area contributed by atoms with Crippen molar-refractivity contribution >= 4 is 17.5 Å². The van der Waals surface area contributed by atoms with E-state index in [9.17, 15) is 19.5 Å². The molecule has 148 valence electrons. The van der Waals surface area contributed by atoms with Gasteiger partial charge in [0.25, 0.3) is 0 Å². The zero-order valence-electron chi connectivity index (χ0n) is 16.6. The maximum Gasteiger partial charge on any atom is 0.306 e. The Hall–Kier alpha value is -1.69. The highest BCUT2D eigenvalue weighted by Crippen LogP contribution is 2.67. The molecule has 0 spiro atoms. The van der Waals surface area contributed by atoms with E-state index in [0.717, 1.165) is 5.57 Å². The van der Waals surface area contributed by atoms with Gasteiger partial charge >= 0.3 is 5.97 Å². The quantitative estimate of drug-likeness (QED) is 0.705. The molecule has 3 aliphatic carbocycles. The molecule has 0 bridgehead atoms. The van der Waals surface area contributed by atoms with Crippen LogP contribution in [0.5, 0.6) is 0 Å². The fourth-order valence-corrected chi connectivity index (χ4v) is 7.06. The number of methoxy groups -OCH3 is 1. The zero-order valence-corrected chi connectivity index (χ0v) is 16.6. The number of carbonyl (C=O) groups is 3. The first-order valence-corrected chi connectivity index (χ1v) is 9.77. The molecule has 6 nitrogen and oxygen atoms in total. The molecular formula is C21H28O6. The van der Waals surface area contributed by atoms with E-state index >= 15 is 0 Å². The molecule has 8 atom stereocenters. The molecule has 1 N–H and O–H groups in total. The number of aliphatic hydroxyl groups excluding tert-OH is 1. The highest BCUT2D eigenvalue weighted by atomic mass is 16.5. The predicted octanol–water partition coefficient (Wildman–Crippen LogP) is 2.04. The average molecular weight is 376 g/mol. The van der Waals surface area contributed by atoms with Gasteiger partial charge in [0.15, 0.2) is 11.5 Å². The number of hydrogen-bond acceptors (Lipinski definition) is 6. The molecule has 2 saturated carbocycles. The van der Waals surface area contributed by atoms with Crippen molar-refractivity contribution in [3.8, 4) is 0 Å². The molecule has 0 amide bonds. The van der Waals surface area contributed by atoms with Crippen molar-refractivity contribution in [2.24, 2.45) is 34.5 Å². The lowest BCUT2D eigenvalue weighted by molar-refractivity contribution is -0.237. The Morgan fingerprint density at radius 2 is 1.81 bits per heavy atom. The highest BCUT2D eigenvalue weighted by Gasteiger charge is 2.72. The van der Waals surface area contributed by atoms with Crippen LogP contribution in [0.15, 0.2) is 11.3 Å². The lowest BCUT2D eigenvalue weighted by atomic mass is 9.39. The minimum atomic E-state index is -1.19. The topological polar surface area (TPSA) is 89.9 Å². The van der Waals surface area contributed by atoms with E-state index in [0.29, 0.717) is 6.42 Å². The first-order valence-electron chi connectivity index (χ1n) is 9.77. The van der Waals surface area contributed by atoms with Gasteiger partial charge in [-0.15, -0.1) is 0 Å². The van der Waals surface area contributed by atoms with Gasteiger partial charge in [0.1, 0.15) is 12.2 Å². The summed E-state index contributed by atoms with van der Waals surface area (Å²) in [5.74, 6) is -1.26. The number of carbonyl (C=O) groups excluding carboxylic acids is 3. The van der Waals surface area contributed by atoms with Crippen LogP contribution in [0.25, 0.3) is 0 Å². The third-order valence-electron chi connectivity index (χ3n) is 8.28. The summed E-state index contributed by atoms with van der Waals surface area (Å²) in [6.07, 6.45) is -0.544. The summed E-state index contributed by atoms with van der Waals surface area (Å²) in [4.78, 5) is 38.5. The molecule has 0 aromatic heterocycles. The lowest BCUT2D eigenvalue weighted by Crippen LogP contribution is -2.71. The fourth-order valence-electron chi connectivity index (χ4n) is 7.06. The molecule has 0 aromatic carbocycles. The van der Waals surface area contributed by atoms with Crippen LogP contribution in [-0.4, -0.2) is 42.0 Å². The van der Waals surface area contributed by atoms with Crippen molar-refractivity contribution in [1.82, 2.24) is 0 Å². The third-order valence-corrected chi connectivity index (χ3v) is 8.28. The second-order valence-electron chi connectivity index (χ2n) is 9.37. The predicted molar refractivity (Wildman–Crippen MR) is 95.3 cm³/mol. The summed E-state index contributed by atoms with van der Waals surface area (Å²) >= 11 is 0. The Kier molecular flexibility index (Phi) is 3.91. The van der Waals surface area contributed by atoms with Gasteiger partial charge < -0.3 is 14.6 Å². The second kappa shape index (κ2) is 5.66. The normalized spacial score (nSPS) is 49.3. The Balaban J connectivity index is 1.97. The molecule has 6 heteroatoms. The van der Waals surface area contributed by atoms with Gasteiger partial charge in [-0.25, -0.2) is 0 Å². The van der Waals surface area contributed by atoms with Crippen LogP contribution < -0.4 is 0 Å². The van der Waals surface area contributed by atoms with Gasteiger partial charge in [0, 0.05) is 29.1 Å². The maximum absolute atomic E-state index is 13.6. The van der Waals surface area contributed by atoms with E-state index in [2.05, 4.69) is 0 Å². The number of aliphatic hydroxyl groups is 1. The molecule has 4 aliphatic rings. The van der Waals surface area contributed by atoms with E-state index in [-0.39, 0.29) is 53.9 Å². The van der Waals surface area contributed by atoms with Crippen LogP contribution in [0.1, 0.15) is 47.0 Å². The Labute approximate surface area is 159 Å². The van der Waals surface area contributed by atoms with Crippen molar-refractivity contribution in [2.45, 2.75) is 59.2 Å². The smallest absolute Gasteiger partial charge is 0.306 e. The molecule has 1 heterocycles. The highest BCUT2D eigenvalue weighted by molar-refractivity contribution is 6.00. The number of Topliss-reactive ketones (excluding diaryl/α,β-unsaturated/α-hetero) is 2. The van der Waals surface area contributed by atoms with Crippen molar-refractivity contribution in [3.05, 3.63) is 11.3 Å². The molecule has 0 unspecified atom stereocenters. The molecule has 27 heavy (non-hydrogen) atoms. The Morgan fingerprint density at radius 3 is 2.44 bits per heavy atom. The van der Waals surface area contributed by atoms with Crippen molar-refractivity contribution in [2.75, 3.05) is 7.11 Å². The summed E-state index contributed by atoms with van der Waals surface area (Å²) in [7, 11) is 1.46. The largest absolute Gasteiger partial charge is 0.493 e. The summed E-state index contributed by atoms with van der Waals surface area (Å²) in [5.41, 5.74) is -0.779. The van der Waals surface area contributed by atoms with Gasteiger partial charge in [0.05, 0.1) is 13.5 Å². The van der Waals surface area contributed by atoms with Gasteiger partial charge in [-0.3, -0.25) is 14.4 Å². The van der Waals surface area contributed by atoms with Crippen LogP contribution in [0.3, 0.4) is 0 Å². The number of ether oxygens (including phenoxy) is 2. The summed E-state index contributed by atoms with van der Waals surface area (Å²) in [5, 5.41) is 11.0. The second-order valence-corrected chi connectivity index (χ2v) is 9.37. The van der Waals surface area contributed by atoms with Gasteiger partial charge in [0.2, 0.25) is 5.78 Å². The van der Waals surface area contributed by atoms with Gasteiger partial charge in [-0.2, -0.15) is 0 Å². The summed E-state index contributed by atoms with van der Waals surface area (Å²) < 4.78 is 11.2. The van der Waals surface area contributed by atoms with E-state index < -0.39 is 29.0 Å². The van der Waals surface area contributed by atoms with Crippen LogP contribution >= 0.6 is 0 Å². The Morgan fingerprint density at radius 1 is 1.15 bits per heavy atom. The number of ketones is 2. The van der Waals surface area contributed by atoms with Crippen LogP contribution in [-0.2, 0) is 23.9 Å². The molecule has 1 saturated heterocycles. The number of allylic oxidation sites excluding steroid dienone is 2. The number of fused-ring (bicyclic) bond motifs is 2. The van der Waals surface area contributed by atoms with Gasteiger partial charge in [-0.05, 0) is 30.8 Å². The van der Waals surface area contributed by atoms with E-state index in [1.807, 2.05) is 27.7 Å². The van der Waals surface area contributed by atoms with Gasteiger partial charge in [-0.1, -0.05) is 20.8 Å². The number of hydrogen-bond donors (Lipinski definition) is 1. The van der Waals surface area contributed by atoms with Crippen molar-refractivity contribution < 1.29 is 29.0 Å². The molecule has 3 fully saturated rings. The third kappa shape index (κ3) is 2.08. The average Bonchev–Trinajstić information content (AvgIpc) is 2.58. The zero-order chi connectivity index (χ0) is 19.9. The SMILES string of the molecule is COC1=C(C)[C@@H]2CC(=O)O[C@@H]3C[C@H]4[C@H](C)CC(=O)[C@H](O)[C@]4(C)[C@@H](C1=O)[C@@]32C. The van der Waals surface area contributed by atoms with E-state index in [1.54, 1.807) is 0 Å². The standard InChI is InChI=1S/C21H28O6/c1-9-6-13(22)19(25)21(4)11(9)7-14-20(3)12(8-15(23)27-14)10(2)17(26-5)16(24)18(20)21/h9,11-12,14,18-19,25H,6-8H2,1-5H3/t9-,11+,12+,14-,18+,19+,20-,21+/m1/s1. The fraction of sp³-hybridized carbons (Fsp3) is 0.762. The molecule has 0 aromatic rings. The van der Waals surface area contributed by atoms with E-state index in [1.165, 1.54) is 7.11 Å². The molecule has 0 radical (unpaired) electrons. The summed E-state index contributed by atoms with van der Waals surface area (Å²) in [6.45, 7) is 7.70. The Bertz CT molecular complexity index is 769. The monoisotopic (exact) mass is 376 g/mol. The number of rotatable bonds is 1. The molecule has 4 rings (SSSR count). The van der Waals surface area contributed by atoms with Crippen LogP contribution in [0.2, 0.25) is 0 Å². The van der Waals surface area contributed by atoms with Crippen molar-refractivity contribution in [1.29, 1.82) is 0 Å². The minimum absolute atomic E-state index is 0.0142. The molecule has 1 aliphatic heterocycles. The lowest BCUT2D eigenvalue weighted by Gasteiger charge is -2.66. The minimum Gasteiger partial charge on any atom is -0.493 e. The van der Waals surface area contributed by atoms with Crippen LogP contribution in [0.4, 0.5) is 0 Å². The first-order chi connectivity index (χ1) is 12.6. The molecular weight excluding hydrogens is 348 g/mol. The van der Waals surface area contributed by atoms with E-state index in [4.69, 9.17) is 9.47 Å². The first kappa shape index (κ1) is 18.7. The van der Waals surface area contributed by atoms with Crippen LogP contribution in [0, 0.1) is 34.5 Å². The summed E-state index contributed by atoms with van der Waals surface area (Å²) in [6, 6.07) is 0. The van der Waals surface area contributed by atoms with Crippen molar-refractivity contribution in [3.63, 3.8) is 0 Å². The number of esters is 1. The maximum atomic E-state index is 13.6.